The molecule has 5 rings (SSSR count). The van der Waals surface area contributed by atoms with E-state index < -0.39 is 0 Å². The zero-order valence-corrected chi connectivity index (χ0v) is 14.2. The molecule has 0 atom stereocenters. The predicted octanol–water partition coefficient (Wildman–Crippen LogP) is 3.05. The van der Waals surface area contributed by atoms with Crippen LogP contribution in [0, 0.1) is 0 Å². The van der Waals surface area contributed by atoms with E-state index >= 15 is 0 Å². The summed E-state index contributed by atoms with van der Waals surface area (Å²) in [4.78, 5) is 14.7. The van der Waals surface area contributed by atoms with Crippen molar-refractivity contribution in [3.8, 4) is 11.3 Å². The molecule has 1 aromatic carbocycles. The normalized spacial score (nSPS) is 19.8. The van der Waals surface area contributed by atoms with Gasteiger partial charge in [0.05, 0.1) is 5.69 Å². The minimum atomic E-state index is 0.949. The molecular weight excluding hydrogens is 296 g/mol. The van der Waals surface area contributed by atoms with Crippen molar-refractivity contribution in [3.63, 3.8) is 0 Å². The van der Waals surface area contributed by atoms with E-state index in [0.717, 1.165) is 38.4 Å². The lowest BCUT2D eigenvalue weighted by Crippen LogP contribution is -2.38. The Labute approximate surface area is 143 Å². The fraction of sp³-hybridized carbons (Fsp3) is 0.500. The summed E-state index contributed by atoms with van der Waals surface area (Å²) in [6, 6.07) is 9.01. The number of fused-ring (bicyclic) bond motifs is 1. The topological polar surface area (TPSA) is 32.3 Å². The first-order valence-electron chi connectivity index (χ1n) is 9.33. The van der Waals surface area contributed by atoms with E-state index in [0.29, 0.717) is 0 Å². The van der Waals surface area contributed by atoms with Crippen molar-refractivity contribution in [1.82, 2.24) is 14.9 Å². The van der Waals surface area contributed by atoms with Crippen LogP contribution in [0.2, 0.25) is 0 Å². The van der Waals surface area contributed by atoms with Crippen LogP contribution in [0.25, 0.3) is 11.3 Å². The van der Waals surface area contributed by atoms with Crippen LogP contribution in [0.5, 0.6) is 0 Å². The van der Waals surface area contributed by atoms with E-state index in [2.05, 4.69) is 34.1 Å². The molecule has 0 unspecified atom stereocenters. The average Bonchev–Trinajstić information content (AvgIpc) is 2.97. The summed E-state index contributed by atoms with van der Waals surface area (Å²) in [5, 5.41) is 0. The monoisotopic (exact) mass is 320 g/mol. The third-order valence-electron chi connectivity index (χ3n) is 5.62. The highest BCUT2D eigenvalue weighted by Crippen LogP contribution is 2.33. The van der Waals surface area contributed by atoms with Crippen molar-refractivity contribution in [3.05, 3.63) is 41.1 Å². The highest BCUT2D eigenvalue weighted by molar-refractivity contribution is 5.67. The molecule has 24 heavy (non-hydrogen) atoms. The van der Waals surface area contributed by atoms with Crippen LogP contribution in [0.15, 0.2) is 24.3 Å². The second kappa shape index (κ2) is 5.85. The van der Waals surface area contributed by atoms with Crippen LogP contribution in [0.1, 0.15) is 36.1 Å². The van der Waals surface area contributed by atoms with Crippen LogP contribution < -0.4 is 4.90 Å². The Morgan fingerprint density at radius 1 is 0.917 bits per heavy atom. The van der Waals surface area contributed by atoms with Gasteiger partial charge in [-0.3, -0.25) is 4.90 Å². The maximum absolute atomic E-state index is 4.99. The van der Waals surface area contributed by atoms with Crippen molar-refractivity contribution in [2.45, 2.75) is 38.6 Å². The van der Waals surface area contributed by atoms with Crippen molar-refractivity contribution in [2.24, 2.45) is 0 Å². The number of aryl methyl sites for hydroxylation is 1. The third kappa shape index (κ3) is 2.49. The van der Waals surface area contributed by atoms with Crippen molar-refractivity contribution in [1.29, 1.82) is 0 Å². The summed E-state index contributed by atoms with van der Waals surface area (Å²) in [7, 11) is 0. The van der Waals surface area contributed by atoms with Gasteiger partial charge in [0.25, 0.3) is 0 Å². The third-order valence-corrected chi connectivity index (χ3v) is 5.62. The second-order valence-electron chi connectivity index (χ2n) is 7.32. The molecule has 124 valence electrons. The molecule has 2 saturated heterocycles. The molecular formula is C20H24N4. The Morgan fingerprint density at radius 2 is 1.79 bits per heavy atom. The molecule has 0 bridgehead atoms. The van der Waals surface area contributed by atoms with Gasteiger partial charge in [0.1, 0.15) is 0 Å². The molecule has 1 aromatic heterocycles. The zero-order valence-electron chi connectivity index (χ0n) is 14.2. The number of rotatable bonds is 4. The molecule has 0 N–H and O–H groups in total. The molecule has 2 fully saturated rings. The first kappa shape index (κ1) is 14.4. The molecule has 0 spiro atoms. The van der Waals surface area contributed by atoms with Crippen molar-refractivity contribution >= 4 is 5.95 Å². The number of hydrogen-bond acceptors (Lipinski definition) is 4. The Morgan fingerprint density at radius 3 is 2.54 bits per heavy atom. The maximum Gasteiger partial charge on any atom is 0.226 e. The molecule has 1 aliphatic carbocycles. The Kier molecular flexibility index (Phi) is 3.51. The molecule has 2 aromatic rings. The molecule has 3 heterocycles. The molecule has 0 amide bonds. The molecule has 3 aliphatic rings. The number of likely N-dealkylation sites (tertiary alicyclic amines) is 1. The molecule has 0 saturated carbocycles. The lowest BCUT2D eigenvalue weighted by atomic mass is 10.0. The van der Waals surface area contributed by atoms with Gasteiger partial charge in [0, 0.05) is 36.5 Å². The summed E-state index contributed by atoms with van der Waals surface area (Å²) in [5.74, 6) is 0.949. The van der Waals surface area contributed by atoms with Crippen LogP contribution in [0.4, 0.5) is 5.95 Å². The van der Waals surface area contributed by atoms with E-state index in [9.17, 15) is 0 Å². The number of benzene rings is 1. The first-order chi connectivity index (χ1) is 11.9. The SMILES string of the molecule is c1cc(CN2CCC2)cc(-c2nc(N3CCC3)nc3c2CCC3)c1. The highest BCUT2D eigenvalue weighted by atomic mass is 15.3. The Hall–Kier alpha value is -1.94. The summed E-state index contributed by atoms with van der Waals surface area (Å²) < 4.78 is 0. The van der Waals surface area contributed by atoms with E-state index in [1.165, 1.54) is 60.4 Å². The fourth-order valence-corrected chi connectivity index (χ4v) is 3.93. The fourth-order valence-electron chi connectivity index (χ4n) is 3.93. The van der Waals surface area contributed by atoms with E-state index in [1.807, 2.05) is 0 Å². The largest absolute Gasteiger partial charge is 0.341 e. The van der Waals surface area contributed by atoms with Crippen LogP contribution >= 0.6 is 0 Å². The standard InChI is InChI=1S/C20H24N4/c1-5-15(14-23-9-3-10-23)13-16(6-1)19-17-7-2-8-18(17)21-20(22-19)24-11-4-12-24/h1,5-6,13H,2-4,7-12,14H2. The first-order valence-corrected chi connectivity index (χ1v) is 9.33. The summed E-state index contributed by atoms with van der Waals surface area (Å²) in [5.41, 5.74) is 6.54. The number of hydrogen-bond donors (Lipinski definition) is 0. The maximum atomic E-state index is 4.99. The van der Waals surface area contributed by atoms with Crippen LogP contribution in [0.3, 0.4) is 0 Å². The predicted molar refractivity (Wildman–Crippen MR) is 96.2 cm³/mol. The zero-order chi connectivity index (χ0) is 15.9. The summed E-state index contributed by atoms with van der Waals surface area (Å²) in [6.45, 7) is 5.76. The van der Waals surface area contributed by atoms with Crippen molar-refractivity contribution in [2.75, 3.05) is 31.1 Å². The Bertz CT molecular complexity index is 762. The van der Waals surface area contributed by atoms with Crippen LogP contribution in [-0.4, -0.2) is 41.0 Å². The van der Waals surface area contributed by atoms with Gasteiger partial charge < -0.3 is 4.90 Å². The van der Waals surface area contributed by atoms with E-state index in [4.69, 9.17) is 9.97 Å². The van der Waals surface area contributed by atoms with Gasteiger partial charge in [-0.2, -0.15) is 0 Å². The highest BCUT2D eigenvalue weighted by Gasteiger charge is 2.24. The summed E-state index contributed by atoms with van der Waals surface area (Å²) >= 11 is 0. The minimum Gasteiger partial charge on any atom is -0.341 e. The second-order valence-corrected chi connectivity index (χ2v) is 7.32. The molecule has 2 aliphatic heterocycles. The van der Waals surface area contributed by atoms with Gasteiger partial charge in [-0.1, -0.05) is 18.2 Å². The molecule has 4 nitrogen and oxygen atoms in total. The molecule has 0 radical (unpaired) electrons. The minimum absolute atomic E-state index is 0.949. The summed E-state index contributed by atoms with van der Waals surface area (Å²) in [6.07, 6.45) is 6.06. The van der Waals surface area contributed by atoms with Gasteiger partial charge in [-0.25, -0.2) is 9.97 Å². The van der Waals surface area contributed by atoms with Gasteiger partial charge in [-0.15, -0.1) is 0 Å². The van der Waals surface area contributed by atoms with Gasteiger partial charge in [0.2, 0.25) is 5.95 Å². The lowest BCUT2D eigenvalue weighted by Gasteiger charge is -2.31. The lowest BCUT2D eigenvalue weighted by molar-refractivity contribution is 0.172. The number of nitrogens with zero attached hydrogens (tertiary/aromatic N) is 4. The van der Waals surface area contributed by atoms with Gasteiger partial charge >= 0.3 is 0 Å². The van der Waals surface area contributed by atoms with Crippen molar-refractivity contribution < 1.29 is 0 Å². The van der Waals surface area contributed by atoms with Crippen LogP contribution in [-0.2, 0) is 19.4 Å². The number of aromatic nitrogens is 2. The van der Waals surface area contributed by atoms with Gasteiger partial charge in [0.15, 0.2) is 0 Å². The van der Waals surface area contributed by atoms with E-state index in [-0.39, 0.29) is 0 Å². The smallest absolute Gasteiger partial charge is 0.226 e. The average molecular weight is 320 g/mol. The Balaban J connectivity index is 1.53. The molecule has 4 heteroatoms. The van der Waals surface area contributed by atoms with Gasteiger partial charge in [-0.05, 0) is 56.8 Å². The number of anilines is 1. The quantitative estimate of drug-likeness (QED) is 0.867. The van der Waals surface area contributed by atoms with E-state index in [1.54, 1.807) is 0 Å².